The minimum absolute atomic E-state index is 0.113. The van der Waals surface area contributed by atoms with Crippen LogP contribution in [0.2, 0.25) is 0 Å². The Labute approximate surface area is 112 Å². The fourth-order valence-corrected chi connectivity index (χ4v) is 2.91. The molecule has 1 N–H and O–H groups in total. The van der Waals surface area contributed by atoms with E-state index >= 15 is 0 Å². The van der Waals surface area contributed by atoms with Gasteiger partial charge in [-0.2, -0.15) is 0 Å². The van der Waals surface area contributed by atoms with Crippen LogP contribution in [0.15, 0.2) is 18.2 Å². The van der Waals surface area contributed by atoms with Crippen LogP contribution in [0.1, 0.15) is 37.7 Å². The van der Waals surface area contributed by atoms with Crippen LogP contribution in [0.3, 0.4) is 0 Å². The van der Waals surface area contributed by atoms with Crippen LogP contribution in [0.5, 0.6) is 0 Å². The molecule has 4 heteroatoms. The lowest BCUT2D eigenvalue weighted by molar-refractivity contribution is 0.255. The monoisotopic (exact) mass is 273 g/mol. The van der Waals surface area contributed by atoms with Gasteiger partial charge in [0.15, 0.2) is 0 Å². The van der Waals surface area contributed by atoms with E-state index in [1.807, 2.05) is 0 Å². The highest BCUT2D eigenvalue weighted by Gasteiger charge is 2.30. The van der Waals surface area contributed by atoms with Gasteiger partial charge in [-0.1, -0.05) is 19.3 Å². The Balaban J connectivity index is 2.03. The summed E-state index contributed by atoms with van der Waals surface area (Å²) in [6.45, 7) is 0.330. The Bertz CT molecular complexity index is 403. The van der Waals surface area contributed by atoms with E-state index in [1.165, 1.54) is 18.6 Å². The number of benzene rings is 1. The Morgan fingerprint density at radius 2 is 1.89 bits per heavy atom. The van der Waals surface area contributed by atoms with Gasteiger partial charge in [-0.25, -0.2) is 8.78 Å². The van der Waals surface area contributed by atoms with Crippen molar-refractivity contribution in [2.45, 2.75) is 44.2 Å². The van der Waals surface area contributed by atoms with E-state index in [0.29, 0.717) is 18.0 Å². The SMILES string of the molecule is Fc1ccc(F)c(CNC2(CCl)CCCCC2)c1. The molecule has 0 saturated heterocycles. The molecular formula is C14H18ClF2N. The molecule has 0 amide bonds. The molecule has 0 heterocycles. The third kappa shape index (κ3) is 3.21. The molecule has 0 bridgehead atoms. The van der Waals surface area contributed by atoms with Crippen LogP contribution in [-0.4, -0.2) is 11.4 Å². The van der Waals surface area contributed by atoms with E-state index in [1.54, 1.807) is 0 Å². The maximum absolute atomic E-state index is 13.5. The zero-order valence-corrected chi connectivity index (χ0v) is 11.1. The summed E-state index contributed by atoms with van der Waals surface area (Å²) in [5.41, 5.74) is 0.253. The second kappa shape index (κ2) is 5.98. The zero-order chi connectivity index (χ0) is 13.0. The molecule has 0 atom stereocenters. The highest BCUT2D eigenvalue weighted by atomic mass is 35.5. The molecule has 1 fully saturated rings. The highest BCUT2D eigenvalue weighted by Crippen LogP contribution is 2.29. The van der Waals surface area contributed by atoms with Gasteiger partial charge in [0.2, 0.25) is 0 Å². The van der Waals surface area contributed by atoms with Crippen molar-refractivity contribution in [2.24, 2.45) is 0 Å². The molecule has 18 heavy (non-hydrogen) atoms. The van der Waals surface area contributed by atoms with Gasteiger partial charge in [-0.3, -0.25) is 0 Å². The minimum atomic E-state index is -0.406. The van der Waals surface area contributed by atoms with Crippen LogP contribution >= 0.6 is 11.6 Å². The maximum atomic E-state index is 13.5. The van der Waals surface area contributed by atoms with E-state index < -0.39 is 5.82 Å². The first kappa shape index (κ1) is 13.8. The molecule has 1 nitrogen and oxygen atoms in total. The zero-order valence-electron chi connectivity index (χ0n) is 10.3. The van der Waals surface area contributed by atoms with E-state index in [0.717, 1.165) is 31.7 Å². The first-order valence-electron chi connectivity index (χ1n) is 6.40. The smallest absolute Gasteiger partial charge is 0.127 e. The van der Waals surface area contributed by atoms with Crippen molar-refractivity contribution in [1.82, 2.24) is 5.32 Å². The maximum Gasteiger partial charge on any atom is 0.127 e. The van der Waals surface area contributed by atoms with Crippen LogP contribution in [0.25, 0.3) is 0 Å². The van der Waals surface area contributed by atoms with Crippen molar-refractivity contribution in [3.8, 4) is 0 Å². The molecule has 0 spiro atoms. The minimum Gasteiger partial charge on any atom is -0.306 e. The predicted octanol–water partition coefficient (Wildman–Crippen LogP) is 4.00. The summed E-state index contributed by atoms with van der Waals surface area (Å²) in [7, 11) is 0. The summed E-state index contributed by atoms with van der Waals surface area (Å²) in [6.07, 6.45) is 5.53. The summed E-state index contributed by atoms with van der Waals surface area (Å²) < 4.78 is 26.6. The summed E-state index contributed by atoms with van der Waals surface area (Å²) in [5, 5.41) is 3.33. The van der Waals surface area contributed by atoms with Crippen molar-refractivity contribution < 1.29 is 8.78 Å². The Morgan fingerprint density at radius 1 is 1.17 bits per heavy atom. The number of rotatable bonds is 4. The van der Waals surface area contributed by atoms with Crippen LogP contribution in [0.4, 0.5) is 8.78 Å². The number of alkyl halides is 1. The number of nitrogens with one attached hydrogen (secondary N) is 1. The molecule has 0 unspecified atom stereocenters. The molecule has 1 aliphatic carbocycles. The predicted molar refractivity (Wildman–Crippen MR) is 69.7 cm³/mol. The largest absolute Gasteiger partial charge is 0.306 e. The van der Waals surface area contributed by atoms with Gasteiger partial charge in [0.05, 0.1) is 0 Å². The molecule has 0 radical (unpaired) electrons. The van der Waals surface area contributed by atoms with Gasteiger partial charge in [0, 0.05) is 23.5 Å². The molecule has 1 aliphatic rings. The van der Waals surface area contributed by atoms with Gasteiger partial charge in [-0.05, 0) is 31.0 Å². The molecule has 0 aliphatic heterocycles. The molecule has 1 aromatic carbocycles. The van der Waals surface area contributed by atoms with Crippen molar-refractivity contribution in [3.05, 3.63) is 35.4 Å². The molecule has 2 rings (SSSR count). The van der Waals surface area contributed by atoms with E-state index in [2.05, 4.69) is 5.32 Å². The summed E-state index contributed by atoms with van der Waals surface area (Å²) in [6, 6.07) is 3.55. The molecule has 100 valence electrons. The third-order valence-corrected chi connectivity index (χ3v) is 4.24. The Kier molecular flexibility index (Phi) is 4.57. The normalized spacial score (nSPS) is 18.8. The topological polar surface area (TPSA) is 12.0 Å². The molecular weight excluding hydrogens is 256 g/mol. The number of halogens is 3. The lowest BCUT2D eigenvalue weighted by atomic mass is 9.83. The van der Waals surface area contributed by atoms with Gasteiger partial charge >= 0.3 is 0 Å². The first-order valence-corrected chi connectivity index (χ1v) is 6.94. The van der Waals surface area contributed by atoms with Crippen molar-refractivity contribution >= 4 is 11.6 Å². The Hall–Kier alpha value is -0.670. The standard InChI is InChI=1S/C14H18ClF2N/c15-10-14(6-2-1-3-7-14)18-9-11-8-12(16)4-5-13(11)17/h4-5,8,18H,1-3,6-7,9-10H2. The van der Waals surface area contributed by atoms with Crippen LogP contribution in [0, 0.1) is 11.6 Å². The second-order valence-corrected chi connectivity index (χ2v) is 5.33. The van der Waals surface area contributed by atoms with Gasteiger partial charge in [-0.15, -0.1) is 11.6 Å². The van der Waals surface area contributed by atoms with E-state index in [9.17, 15) is 8.78 Å². The van der Waals surface area contributed by atoms with Crippen molar-refractivity contribution in [1.29, 1.82) is 0 Å². The average molecular weight is 274 g/mol. The molecule has 1 saturated carbocycles. The quantitative estimate of drug-likeness (QED) is 0.818. The van der Waals surface area contributed by atoms with E-state index in [4.69, 9.17) is 11.6 Å². The van der Waals surface area contributed by atoms with Gasteiger partial charge in [0.25, 0.3) is 0 Å². The lowest BCUT2D eigenvalue weighted by Crippen LogP contribution is -2.48. The fourth-order valence-electron chi connectivity index (χ4n) is 2.55. The summed E-state index contributed by atoms with van der Waals surface area (Å²) in [4.78, 5) is 0. The molecule has 1 aromatic rings. The first-order chi connectivity index (χ1) is 8.65. The highest BCUT2D eigenvalue weighted by molar-refractivity contribution is 6.18. The lowest BCUT2D eigenvalue weighted by Gasteiger charge is -2.36. The van der Waals surface area contributed by atoms with Crippen molar-refractivity contribution in [3.63, 3.8) is 0 Å². The number of hydrogen-bond donors (Lipinski definition) is 1. The second-order valence-electron chi connectivity index (χ2n) is 5.06. The molecule has 0 aromatic heterocycles. The van der Waals surface area contributed by atoms with Crippen molar-refractivity contribution in [2.75, 3.05) is 5.88 Å². The summed E-state index contributed by atoms with van der Waals surface area (Å²) in [5.74, 6) is -0.259. The van der Waals surface area contributed by atoms with Gasteiger partial charge < -0.3 is 5.32 Å². The Morgan fingerprint density at radius 3 is 2.56 bits per heavy atom. The van der Waals surface area contributed by atoms with Crippen LogP contribution in [-0.2, 0) is 6.54 Å². The number of hydrogen-bond acceptors (Lipinski definition) is 1. The third-order valence-electron chi connectivity index (χ3n) is 3.73. The summed E-state index contributed by atoms with van der Waals surface area (Å²) >= 11 is 6.04. The fraction of sp³-hybridized carbons (Fsp3) is 0.571. The van der Waals surface area contributed by atoms with Gasteiger partial charge in [0.1, 0.15) is 11.6 Å². The van der Waals surface area contributed by atoms with Crippen LogP contribution < -0.4 is 5.32 Å². The average Bonchev–Trinajstić information content (AvgIpc) is 2.41. The van der Waals surface area contributed by atoms with E-state index in [-0.39, 0.29) is 11.4 Å².